The van der Waals surface area contributed by atoms with Gasteiger partial charge >= 0.3 is 0 Å². The van der Waals surface area contributed by atoms with Gasteiger partial charge in [-0.3, -0.25) is 4.90 Å². The lowest BCUT2D eigenvalue weighted by Crippen LogP contribution is -2.39. The molecule has 2 N–H and O–H groups in total. The second kappa shape index (κ2) is 8.41. The zero-order valence-electron chi connectivity index (χ0n) is 13.8. The summed E-state index contributed by atoms with van der Waals surface area (Å²) in [6, 6.07) is 9.92. The fourth-order valence-corrected chi connectivity index (χ4v) is 2.97. The van der Waals surface area contributed by atoms with Crippen molar-refractivity contribution in [3.05, 3.63) is 40.6 Å². The third kappa shape index (κ3) is 4.90. The standard InChI is InChI=1S/C17H22BrN5O/c1-13-20-16(19-6-7-23-8-10-24-11-9-23)12-17(21-13)22-15-5-3-2-4-14(15)18/h2-5,12H,6-11H2,1H3,(H2,19,20,21,22). The van der Waals surface area contributed by atoms with E-state index in [0.29, 0.717) is 0 Å². The molecule has 24 heavy (non-hydrogen) atoms. The van der Waals surface area contributed by atoms with Crippen LogP contribution in [0.1, 0.15) is 5.82 Å². The Morgan fingerprint density at radius 1 is 1.17 bits per heavy atom. The molecule has 0 saturated carbocycles. The number of benzene rings is 1. The highest BCUT2D eigenvalue weighted by Crippen LogP contribution is 2.25. The molecule has 0 radical (unpaired) electrons. The van der Waals surface area contributed by atoms with Crippen LogP contribution in [0.4, 0.5) is 17.3 Å². The minimum atomic E-state index is 0.737. The number of hydrogen-bond acceptors (Lipinski definition) is 6. The summed E-state index contributed by atoms with van der Waals surface area (Å²) in [7, 11) is 0. The van der Waals surface area contributed by atoms with Gasteiger partial charge in [-0.05, 0) is 35.0 Å². The molecule has 1 aromatic heterocycles. The number of nitrogens with zero attached hydrogens (tertiary/aromatic N) is 3. The molecule has 6 nitrogen and oxygen atoms in total. The van der Waals surface area contributed by atoms with Gasteiger partial charge < -0.3 is 15.4 Å². The molecule has 0 atom stereocenters. The van der Waals surface area contributed by atoms with E-state index in [9.17, 15) is 0 Å². The Balaban J connectivity index is 1.60. The van der Waals surface area contributed by atoms with Crippen LogP contribution < -0.4 is 10.6 Å². The molecule has 0 spiro atoms. The van der Waals surface area contributed by atoms with Crippen LogP contribution in [0.2, 0.25) is 0 Å². The Bertz CT molecular complexity index is 676. The van der Waals surface area contributed by atoms with Gasteiger partial charge in [0.15, 0.2) is 0 Å². The van der Waals surface area contributed by atoms with Crippen molar-refractivity contribution in [2.75, 3.05) is 50.0 Å². The first-order valence-electron chi connectivity index (χ1n) is 8.12. The molecule has 0 unspecified atom stereocenters. The summed E-state index contributed by atoms with van der Waals surface area (Å²) in [6.07, 6.45) is 0. The number of para-hydroxylation sites is 1. The predicted octanol–water partition coefficient (Wildman–Crippen LogP) is 3.04. The van der Waals surface area contributed by atoms with Gasteiger partial charge in [-0.1, -0.05) is 12.1 Å². The fourth-order valence-electron chi connectivity index (χ4n) is 2.59. The van der Waals surface area contributed by atoms with E-state index in [4.69, 9.17) is 4.74 Å². The highest BCUT2D eigenvalue weighted by Gasteiger charge is 2.10. The molecule has 0 amide bonds. The number of nitrogens with one attached hydrogen (secondary N) is 2. The van der Waals surface area contributed by atoms with Crippen molar-refractivity contribution in [3.8, 4) is 0 Å². The van der Waals surface area contributed by atoms with E-state index in [1.807, 2.05) is 37.3 Å². The first kappa shape index (κ1) is 17.1. The fraction of sp³-hybridized carbons (Fsp3) is 0.412. The van der Waals surface area contributed by atoms with E-state index >= 15 is 0 Å². The van der Waals surface area contributed by atoms with Gasteiger partial charge in [-0.15, -0.1) is 0 Å². The molecule has 1 aromatic carbocycles. The number of anilines is 3. The van der Waals surface area contributed by atoms with Crippen LogP contribution in [0.15, 0.2) is 34.8 Å². The van der Waals surface area contributed by atoms with Crippen molar-refractivity contribution in [1.82, 2.24) is 14.9 Å². The average molecular weight is 392 g/mol. The molecule has 1 saturated heterocycles. The third-order valence-corrected chi connectivity index (χ3v) is 4.50. The maximum Gasteiger partial charge on any atom is 0.136 e. The van der Waals surface area contributed by atoms with Crippen molar-refractivity contribution >= 4 is 33.3 Å². The van der Waals surface area contributed by atoms with Crippen LogP contribution in [0.25, 0.3) is 0 Å². The monoisotopic (exact) mass is 391 g/mol. The highest BCUT2D eigenvalue weighted by molar-refractivity contribution is 9.10. The molecule has 7 heteroatoms. The Hall–Kier alpha value is -1.70. The second-order valence-corrected chi connectivity index (χ2v) is 6.53. The van der Waals surface area contributed by atoms with Crippen LogP contribution in [0.3, 0.4) is 0 Å². The molecular weight excluding hydrogens is 370 g/mol. The lowest BCUT2D eigenvalue weighted by molar-refractivity contribution is 0.0398. The molecule has 3 rings (SSSR count). The van der Waals surface area contributed by atoms with E-state index in [-0.39, 0.29) is 0 Å². The molecule has 0 bridgehead atoms. The van der Waals surface area contributed by atoms with Crippen LogP contribution in [0.5, 0.6) is 0 Å². The van der Waals surface area contributed by atoms with Crippen LogP contribution in [-0.2, 0) is 4.74 Å². The van der Waals surface area contributed by atoms with Gasteiger partial charge in [-0.25, -0.2) is 9.97 Å². The average Bonchev–Trinajstić information content (AvgIpc) is 2.57. The third-order valence-electron chi connectivity index (χ3n) is 3.81. The lowest BCUT2D eigenvalue weighted by atomic mass is 10.3. The molecule has 2 heterocycles. The summed E-state index contributed by atoms with van der Waals surface area (Å²) in [6.45, 7) is 7.39. The second-order valence-electron chi connectivity index (χ2n) is 5.67. The Morgan fingerprint density at radius 3 is 2.71 bits per heavy atom. The van der Waals surface area contributed by atoms with Crippen LogP contribution in [0, 0.1) is 6.92 Å². The quantitative estimate of drug-likeness (QED) is 0.788. The van der Waals surface area contributed by atoms with E-state index in [0.717, 1.165) is 67.0 Å². The largest absolute Gasteiger partial charge is 0.379 e. The minimum absolute atomic E-state index is 0.737. The maximum atomic E-state index is 5.37. The lowest BCUT2D eigenvalue weighted by Gasteiger charge is -2.26. The Kier molecular flexibility index (Phi) is 6.01. The number of rotatable bonds is 6. The van der Waals surface area contributed by atoms with Crippen LogP contribution in [-0.4, -0.2) is 54.3 Å². The number of aryl methyl sites for hydroxylation is 1. The number of ether oxygens (including phenoxy) is 1. The summed E-state index contributed by atoms with van der Waals surface area (Å²) in [5, 5.41) is 6.72. The first-order valence-corrected chi connectivity index (χ1v) is 8.91. The van der Waals surface area contributed by atoms with E-state index in [1.165, 1.54) is 0 Å². The number of hydrogen-bond donors (Lipinski definition) is 2. The van der Waals surface area contributed by atoms with Gasteiger partial charge in [-0.2, -0.15) is 0 Å². The Labute approximate surface area is 150 Å². The summed E-state index contributed by atoms with van der Waals surface area (Å²) in [5.74, 6) is 2.36. The molecule has 1 aliphatic rings. The normalized spacial score (nSPS) is 15.2. The smallest absolute Gasteiger partial charge is 0.136 e. The summed E-state index contributed by atoms with van der Waals surface area (Å²) >= 11 is 3.54. The van der Waals surface area contributed by atoms with Crippen LogP contribution >= 0.6 is 15.9 Å². The van der Waals surface area contributed by atoms with E-state index in [1.54, 1.807) is 0 Å². The summed E-state index contributed by atoms with van der Waals surface area (Å²) in [5.41, 5.74) is 0.981. The highest BCUT2D eigenvalue weighted by atomic mass is 79.9. The van der Waals surface area contributed by atoms with E-state index in [2.05, 4.69) is 41.4 Å². The van der Waals surface area contributed by atoms with Gasteiger partial charge in [0.2, 0.25) is 0 Å². The van der Waals surface area contributed by atoms with Crippen molar-refractivity contribution in [1.29, 1.82) is 0 Å². The Morgan fingerprint density at radius 2 is 1.92 bits per heavy atom. The van der Waals surface area contributed by atoms with Gasteiger partial charge in [0, 0.05) is 36.7 Å². The van der Waals surface area contributed by atoms with Crippen molar-refractivity contribution in [3.63, 3.8) is 0 Å². The van der Waals surface area contributed by atoms with Gasteiger partial charge in [0.05, 0.1) is 18.9 Å². The van der Waals surface area contributed by atoms with Crippen molar-refractivity contribution in [2.45, 2.75) is 6.92 Å². The van der Waals surface area contributed by atoms with Gasteiger partial charge in [0.25, 0.3) is 0 Å². The molecular formula is C17H22BrN5O. The van der Waals surface area contributed by atoms with Gasteiger partial charge in [0.1, 0.15) is 17.5 Å². The number of halogens is 1. The maximum absolute atomic E-state index is 5.37. The molecule has 1 aliphatic heterocycles. The first-order chi connectivity index (χ1) is 11.7. The summed E-state index contributed by atoms with van der Waals surface area (Å²) < 4.78 is 6.37. The molecule has 2 aromatic rings. The van der Waals surface area contributed by atoms with E-state index < -0.39 is 0 Å². The molecule has 0 aliphatic carbocycles. The number of morpholine rings is 1. The zero-order valence-corrected chi connectivity index (χ0v) is 15.3. The van der Waals surface area contributed by atoms with Crippen molar-refractivity contribution < 1.29 is 4.74 Å². The summed E-state index contributed by atoms with van der Waals surface area (Å²) in [4.78, 5) is 11.3. The zero-order chi connectivity index (χ0) is 16.8. The molecule has 128 valence electrons. The molecule has 1 fully saturated rings. The predicted molar refractivity (Wildman–Crippen MR) is 99.9 cm³/mol. The van der Waals surface area contributed by atoms with Crippen molar-refractivity contribution in [2.24, 2.45) is 0 Å². The topological polar surface area (TPSA) is 62.3 Å². The SMILES string of the molecule is Cc1nc(NCCN2CCOCC2)cc(Nc2ccccc2Br)n1. The number of aromatic nitrogens is 2. The minimum Gasteiger partial charge on any atom is -0.379 e.